The Balaban J connectivity index is 1.54. The van der Waals surface area contributed by atoms with E-state index >= 15 is 0 Å². The minimum Gasteiger partial charge on any atom is -0.455 e. The molecule has 1 heteroatoms. The Morgan fingerprint density at radius 1 is 0.395 bits per heavy atom. The molecule has 0 saturated heterocycles. The molecule has 0 N–H and O–H groups in total. The van der Waals surface area contributed by atoms with Gasteiger partial charge in [0.05, 0.1) is 15.1 Å². The van der Waals surface area contributed by atoms with Crippen molar-refractivity contribution >= 4 is 75.8 Å². The highest BCUT2D eigenvalue weighted by Crippen LogP contribution is 2.48. The monoisotopic (exact) mass is 555 g/mol. The fourth-order valence-electron chi connectivity index (χ4n) is 6.83. The zero-order chi connectivity index (χ0) is 37.6. The van der Waals surface area contributed by atoms with Gasteiger partial charge in [0.1, 0.15) is 11.2 Å². The summed E-state index contributed by atoms with van der Waals surface area (Å²) in [6.45, 7) is 0. The summed E-state index contributed by atoms with van der Waals surface area (Å²) >= 11 is 0. The molecule has 0 amide bonds. The Hall–Kier alpha value is -5.66. The SMILES string of the molecule is [2H]c1c([2H])c([2H])c2c(oc3ccccc32)c1-c1c2c([2H])c([2H])c([2H])c([2H])c2c(-c2ccc3ccc4cccc5ccc2c3c45)c2c([2H])c([2H])c([2H])c([2H])c12. The molecule has 0 fully saturated rings. The molecular formula is C42H24O. The predicted molar refractivity (Wildman–Crippen MR) is 183 cm³/mol. The summed E-state index contributed by atoms with van der Waals surface area (Å²) in [5.74, 6) is 0. The van der Waals surface area contributed by atoms with Crippen LogP contribution in [0.4, 0.5) is 0 Å². The first-order chi connectivity index (χ1) is 25.9. The summed E-state index contributed by atoms with van der Waals surface area (Å²) in [7, 11) is 0. The molecule has 9 aromatic carbocycles. The van der Waals surface area contributed by atoms with Gasteiger partial charge < -0.3 is 4.42 Å². The van der Waals surface area contributed by atoms with E-state index in [1.165, 1.54) is 0 Å². The van der Waals surface area contributed by atoms with Crippen LogP contribution in [-0.2, 0) is 0 Å². The van der Waals surface area contributed by atoms with Crippen LogP contribution in [0.25, 0.3) is 98.1 Å². The maximum absolute atomic E-state index is 9.45. The van der Waals surface area contributed by atoms with E-state index in [9.17, 15) is 6.85 Å². The third kappa shape index (κ3) is 3.06. The predicted octanol–water partition coefficient (Wildman–Crippen LogP) is 12.1. The van der Waals surface area contributed by atoms with E-state index < -0.39 is 60.4 Å². The van der Waals surface area contributed by atoms with Gasteiger partial charge in [0.2, 0.25) is 0 Å². The molecule has 10 aromatic rings. The number of hydrogen-bond acceptors (Lipinski definition) is 1. The van der Waals surface area contributed by atoms with Gasteiger partial charge in [-0.25, -0.2) is 0 Å². The summed E-state index contributed by atoms with van der Waals surface area (Å²) < 4.78 is 107. The van der Waals surface area contributed by atoms with Crippen LogP contribution in [0.2, 0.25) is 0 Å². The highest BCUT2D eigenvalue weighted by molar-refractivity contribution is 6.30. The van der Waals surface area contributed by atoms with E-state index in [2.05, 4.69) is 0 Å². The molecule has 1 nitrogen and oxygen atoms in total. The van der Waals surface area contributed by atoms with Crippen molar-refractivity contribution in [2.75, 3.05) is 0 Å². The molecule has 0 aliphatic rings. The highest BCUT2D eigenvalue weighted by Gasteiger charge is 2.21. The smallest absolute Gasteiger partial charge is 0.143 e. The van der Waals surface area contributed by atoms with Crippen LogP contribution in [0, 0.1) is 0 Å². The molecule has 0 bridgehead atoms. The molecule has 0 aliphatic heterocycles. The Morgan fingerprint density at radius 2 is 0.977 bits per heavy atom. The Labute approximate surface area is 263 Å². The topological polar surface area (TPSA) is 13.1 Å². The molecule has 0 saturated carbocycles. The Morgan fingerprint density at radius 3 is 1.70 bits per heavy atom. The van der Waals surface area contributed by atoms with Crippen LogP contribution in [-0.4, -0.2) is 0 Å². The van der Waals surface area contributed by atoms with Crippen LogP contribution in [0.5, 0.6) is 0 Å². The highest BCUT2D eigenvalue weighted by atomic mass is 16.3. The minimum atomic E-state index is -0.578. The molecule has 1 aromatic heterocycles. The summed E-state index contributed by atoms with van der Waals surface area (Å²) in [4.78, 5) is 0. The lowest BCUT2D eigenvalue weighted by Crippen LogP contribution is -1.92. The van der Waals surface area contributed by atoms with Gasteiger partial charge in [0.15, 0.2) is 0 Å². The van der Waals surface area contributed by atoms with Crippen molar-refractivity contribution < 1.29 is 19.5 Å². The third-order valence-corrected chi connectivity index (χ3v) is 8.62. The van der Waals surface area contributed by atoms with Crippen molar-refractivity contribution in [3.8, 4) is 22.3 Å². The van der Waals surface area contributed by atoms with Gasteiger partial charge in [-0.15, -0.1) is 0 Å². The quantitative estimate of drug-likeness (QED) is 0.153. The number of rotatable bonds is 2. The molecule has 0 radical (unpaired) electrons. The second-order valence-corrected chi connectivity index (χ2v) is 10.8. The lowest BCUT2D eigenvalue weighted by molar-refractivity contribution is 0.670. The zero-order valence-electron chi connectivity index (χ0n) is 33.4. The fourth-order valence-corrected chi connectivity index (χ4v) is 6.83. The van der Waals surface area contributed by atoms with E-state index in [1.54, 1.807) is 24.3 Å². The second kappa shape index (κ2) is 8.44. The van der Waals surface area contributed by atoms with Crippen LogP contribution in [0.1, 0.15) is 15.1 Å². The van der Waals surface area contributed by atoms with E-state index in [0.717, 1.165) is 32.3 Å². The van der Waals surface area contributed by atoms with Gasteiger partial charge in [-0.05, 0) is 71.1 Å². The Bertz CT molecular complexity index is 3250. The number of para-hydroxylation sites is 2. The van der Waals surface area contributed by atoms with Crippen molar-refractivity contribution in [2.45, 2.75) is 0 Å². The molecular weight excluding hydrogens is 520 g/mol. The van der Waals surface area contributed by atoms with E-state index in [1.807, 2.05) is 54.6 Å². The van der Waals surface area contributed by atoms with Gasteiger partial charge in [-0.1, -0.05) is 139 Å². The van der Waals surface area contributed by atoms with Gasteiger partial charge in [0.25, 0.3) is 0 Å². The molecule has 0 aliphatic carbocycles. The molecule has 0 spiro atoms. The maximum Gasteiger partial charge on any atom is 0.143 e. The second-order valence-electron chi connectivity index (χ2n) is 10.8. The standard InChI is InChI=1S/C42H24O/c1-3-14-31-29(12-1)40(34-24-22-27-20-19-25-9-7-10-26-21-23-33(34)39(27)38(25)26)30-13-2-4-15-32(30)41(31)36-17-8-16-35-28-11-5-6-18-37(28)43-42(35)36/h1-24H/i1D,2D,3D,4D,8D,12D,13D,14D,15D,16D,17D. The molecule has 198 valence electrons. The summed E-state index contributed by atoms with van der Waals surface area (Å²) in [5.41, 5.74) is 0.851. The van der Waals surface area contributed by atoms with Crippen molar-refractivity contribution in [3.63, 3.8) is 0 Å². The average Bonchev–Trinajstić information content (AvgIpc) is 3.57. The largest absolute Gasteiger partial charge is 0.455 e. The average molecular weight is 556 g/mol. The summed E-state index contributed by atoms with van der Waals surface area (Å²) in [6, 6.07) is 19.3. The van der Waals surface area contributed by atoms with Crippen LogP contribution >= 0.6 is 0 Å². The minimum absolute atomic E-state index is 0.0000955. The number of fused-ring (bicyclic) bond motifs is 5. The third-order valence-electron chi connectivity index (χ3n) is 8.62. The molecule has 10 rings (SSSR count). The van der Waals surface area contributed by atoms with Gasteiger partial charge in [-0.3, -0.25) is 0 Å². The Kier molecular flexibility index (Phi) is 2.94. The number of benzene rings is 9. The summed E-state index contributed by atoms with van der Waals surface area (Å²) in [6.07, 6.45) is 0. The van der Waals surface area contributed by atoms with E-state index in [4.69, 9.17) is 12.6 Å². The first kappa shape index (κ1) is 15.0. The van der Waals surface area contributed by atoms with E-state index in [0.29, 0.717) is 16.5 Å². The first-order valence-electron chi connectivity index (χ1n) is 19.5. The first-order valence-corrected chi connectivity index (χ1v) is 14.0. The van der Waals surface area contributed by atoms with Gasteiger partial charge in [0, 0.05) is 21.9 Å². The molecule has 0 atom stereocenters. The fraction of sp³-hybridized carbons (Fsp3) is 0. The van der Waals surface area contributed by atoms with Crippen molar-refractivity contribution in [3.05, 3.63) is 145 Å². The maximum atomic E-state index is 9.45. The van der Waals surface area contributed by atoms with Gasteiger partial charge >= 0.3 is 0 Å². The normalized spacial score (nSPS) is 15.8. The van der Waals surface area contributed by atoms with Crippen molar-refractivity contribution in [1.82, 2.24) is 0 Å². The van der Waals surface area contributed by atoms with Crippen LogP contribution < -0.4 is 0 Å². The van der Waals surface area contributed by atoms with Crippen LogP contribution in [0.15, 0.2) is 150 Å². The van der Waals surface area contributed by atoms with Crippen LogP contribution in [0.3, 0.4) is 0 Å². The van der Waals surface area contributed by atoms with Crippen molar-refractivity contribution in [1.29, 1.82) is 0 Å². The number of hydrogen-bond donors (Lipinski definition) is 0. The van der Waals surface area contributed by atoms with Crippen molar-refractivity contribution in [2.24, 2.45) is 0 Å². The summed E-state index contributed by atoms with van der Waals surface area (Å²) in [5, 5.41) is 6.05. The molecule has 1 heterocycles. The zero-order valence-corrected chi connectivity index (χ0v) is 22.4. The lowest BCUT2D eigenvalue weighted by Gasteiger charge is -2.20. The van der Waals surface area contributed by atoms with E-state index in [-0.39, 0.29) is 55.2 Å². The lowest BCUT2D eigenvalue weighted by atomic mass is 9.83. The number of furan rings is 1. The molecule has 43 heavy (non-hydrogen) atoms. The molecule has 0 unspecified atom stereocenters. The van der Waals surface area contributed by atoms with Gasteiger partial charge in [-0.2, -0.15) is 0 Å².